The molecule has 0 aromatic heterocycles. The number of rotatable bonds is 7. The fourth-order valence-corrected chi connectivity index (χ4v) is 2.70. The van der Waals surface area contributed by atoms with E-state index in [9.17, 15) is 9.59 Å². The van der Waals surface area contributed by atoms with Crippen molar-refractivity contribution in [1.29, 1.82) is 0 Å². The van der Waals surface area contributed by atoms with Gasteiger partial charge in [-0.25, -0.2) is 0 Å². The first-order valence-electron chi connectivity index (χ1n) is 7.90. The minimum absolute atomic E-state index is 0.132. The van der Waals surface area contributed by atoms with Gasteiger partial charge in [-0.3, -0.25) is 9.59 Å². The molecule has 2 amide bonds. The molecule has 2 N–H and O–H groups in total. The van der Waals surface area contributed by atoms with Gasteiger partial charge in [0.05, 0.1) is 7.11 Å². The first kappa shape index (κ1) is 18.9. The summed E-state index contributed by atoms with van der Waals surface area (Å²) in [7, 11) is 1.58. The Hall–Kier alpha value is -2.47. The van der Waals surface area contributed by atoms with Crippen LogP contribution in [0.15, 0.2) is 47.4 Å². The molecular formula is C19H22N2O3S. The molecule has 0 aliphatic rings. The van der Waals surface area contributed by atoms with Crippen molar-refractivity contribution in [2.75, 3.05) is 26.5 Å². The number of amides is 2. The molecule has 0 bridgehead atoms. The Kier molecular flexibility index (Phi) is 6.89. The molecule has 25 heavy (non-hydrogen) atoms. The summed E-state index contributed by atoms with van der Waals surface area (Å²) in [5, 5.41) is 5.62. The molecule has 0 saturated carbocycles. The van der Waals surface area contributed by atoms with Crippen LogP contribution in [-0.4, -0.2) is 38.3 Å². The summed E-state index contributed by atoms with van der Waals surface area (Å²) in [4.78, 5) is 25.3. The molecular weight excluding hydrogens is 336 g/mol. The number of hydrogen-bond donors (Lipinski definition) is 2. The minimum atomic E-state index is -0.183. The van der Waals surface area contributed by atoms with Gasteiger partial charge in [0.2, 0.25) is 0 Å². The van der Waals surface area contributed by atoms with E-state index in [1.807, 2.05) is 31.4 Å². The fraction of sp³-hybridized carbons (Fsp3) is 0.263. The Morgan fingerprint density at radius 3 is 2.24 bits per heavy atom. The van der Waals surface area contributed by atoms with Crippen molar-refractivity contribution in [3.05, 3.63) is 59.2 Å². The van der Waals surface area contributed by atoms with Gasteiger partial charge in [-0.05, 0) is 55.1 Å². The number of carbonyl (C=O) groups excluding carboxylic acids is 2. The van der Waals surface area contributed by atoms with E-state index in [1.165, 1.54) is 0 Å². The third-order valence-corrected chi connectivity index (χ3v) is 4.46. The molecule has 0 unspecified atom stereocenters. The summed E-state index contributed by atoms with van der Waals surface area (Å²) in [6.07, 6.45) is 1.97. The summed E-state index contributed by atoms with van der Waals surface area (Å²) in [6.45, 7) is 2.63. The molecule has 0 aliphatic heterocycles. The molecule has 2 aromatic carbocycles. The highest BCUT2D eigenvalue weighted by Gasteiger charge is 2.10. The van der Waals surface area contributed by atoms with Crippen LogP contribution in [0.25, 0.3) is 0 Å². The maximum absolute atomic E-state index is 12.3. The topological polar surface area (TPSA) is 67.4 Å². The van der Waals surface area contributed by atoms with Crippen molar-refractivity contribution in [3.8, 4) is 5.75 Å². The molecule has 0 spiro atoms. The molecule has 6 heteroatoms. The van der Waals surface area contributed by atoms with E-state index in [4.69, 9.17) is 4.74 Å². The number of carbonyl (C=O) groups is 2. The quantitative estimate of drug-likeness (QED) is 0.590. The average Bonchev–Trinajstić information content (AvgIpc) is 2.65. The van der Waals surface area contributed by atoms with E-state index in [-0.39, 0.29) is 11.8 Å². The molecule has 0 radical (unpaired) electrons. The largest absolute Gasteiger partial charge is 0.497 e. The van der Waals surface area contributed by atoms with Gasteiger partial charge in [0.25, 0.3) is 11.8 Å². The van der Waals surface area contributed by atoms with Crippen LogP contribution in [0.2, 0.25) is 0 Å². The Morgan fingerprint density at radius 1 is 1.00 bits per heavy atom. The normalized spacial score (nSPS) is 10.2. The van der Waals surface area contributed by atoms with Gasteiger partial charge in [0, 0.05) is 29.1 Å². The lowest BCUT2D eigenvalue weighted by molar-refractivity contribution is 0.0927. The predicted molar refractivity (Wildman–Crippen MR) is 101 cm³/mol. The predicted octanol–water partition coefficient (Wildman–Crippen LogP) is 2.89. The van der Waals surface area contributed by atoms with Gasteiger partial charge < -0.3 is 15.4 Å². The fourth-order valence-electron chi connectivity index (χ4n) is 2.26. The van der Waals surface area contributed by atoms with E-state index in [0.717, 1.165) is 10.5 Å². The summed E-state index contributed by atoms with van der Waals surface area (Å²) < 4.78 is 5.06. The maximum Gasteiger partial charge on any atom is 0.251 e. The summed E-state index contributed by atoms with van der Waals surface area (Å²) in [5.41, 5.74) is 2.14. The zero-order chi connectivity index (χ0) is 18.2. The van der Waals surface area contributed by atoms with Crippen LogP contribution >= 0.6 is 11.8 Å². The standard InChI is InChI=1S/C19H22N2O3S/c1-13-4-9-16(25-3)12-17(13)19(23)21-11-10-20-18(22)14-5-7-15(24-2)8-6-14/h4-9,12H,10-11H2,1-3H3,(H,20,22)(H,21,23). The van der Waals surface area contributed by atoms with Crippen LogP contribution in [0.5, 0.6) is 5.75 Å². The average molecular weight is 358 g/mol. The van der Waals surface area contributed by atoms with Crippen LogP contribution in [-0.2, 0) is 0 Å². The lowest BCUT2D eigenvalue weighted by Gasteiger charge is -2.10. The Labute approximate surface area is 152 Å². The molecule has 0 saturated heterocycles. The third kappa shape index (κ3) is 5.26. The molecule has 0 heterocycles. The van der Waals surface area contributed by atoms with E-state index in [0.29, 0.717) is 30.0 Å². The number of nitrogens with one attached hydrogen (secondary N) is 2. The van der Waals surface area contributed by atoms with Crippen molar-refractivity contribution in [2.24, 2.45) is 0 Å². The first-order chi connectivity index (χ1) is 12.0. The SMILES string of the molecule is COc1ccc(C(=O)NCCNC(=O)c2cc(SC)ccc2C)cc1. The summed E-state index contributed by atoms with van der Waals surface area (Å²) in [6, 6.07) is 12.7. The van der Waals surface area contributed by atoms with Crippen LogP contribution in [0, 0.1) is 6.92 Å². The summed E-state index contributed by atoms with van der Waals surface area (Å²) >= 11 is 1.60. The van der Waals surface area contributed by atoms with Gasteiger partial charge in [-0.1, -0.05) is 6.07 Å². The Morgan fingerprint density at radius 2 is 1.64 bits per heavy atom. The van der Waals surface area contributed by atoms with E-state index in [2.05, 4.69) is 10.6 Å². The van der Waals surface area contributed by atoms with Crippen molar-refractivity contribution in [3.63, 3.8) is 0 Å². The number of ether oxygens (including phenoxy) is 1. The number of thioether (sulfide) groups is 1. The second kappa shape index (κ2) is 9.13. The van der Waals surface area contributed by atoms with Gasteiger partial charge in [-0.15, -0.1) is 11.8 Å². The molecule has 0 fully saturated rings. The molecule has 0 aliphatic carbocycles. The van der Waals surface area contributed by atoms with Crippen molar-refractivity contribution in [2.45, 2.75) is 11.8 Å². The third-order valence-electron chi connectivity index (χ3n) is 3.74. The summed E-state index contributed by atoms with van der Waals surface area (Å²) in [5.74, 6) is 0.385. The smallest absolute Gasteiger partial charge is 0.251 e. The highest BCUT2D eigenvalue weighted by Crippen LogP contribution is 2.19. The zero-order valence-corrected chi connectivity index (χ0v) is 15.4. The molecule has 0 atom stereocenters. The van der Waals surface area contributed by atoms with Crippen molar-refractivity contribution >= 4 is 23.6 Å². The number of aryl methyl sites for hydroxylation is 1. The number of methoxy groups -OCH3 is 1. The van der Waals surface area contributed by atoms with E-state index < -0.39 is 0 Å². The Balaban J connectivity index is 1.82. The monoisotopic (exact) mass is 358 g/mol. The maximum atomic E-state index is 12.3. The van der Waals surface area contributed by atoms with E-state index in [1.54, 1.807) is 43.1 Å². The molecule has 2 aromatic rings. The van der Waals surface area contributed by atoms with Crippen LogP contribution < -0.4 is 15.4 Å². The van der Waals surface area contributed by atoms with Crippen molar-refractivity contribution < 1.29 is 14.3 Å². The second-order valence-electron chi connectivity index (χ2n) is 5.42. The highest BCUT2D eigenvalue weighted by molar-refractivity contribution is 7.98. The lowest BCUT2D eigenvalue weighted by Crippen LogP contribution is -2.34. The number of hydrogen-bond acceptors (Lipinski definition) is 4. The lowest BCUT2D eigenvalue weighted by atomic mass is 10.1. The minimum Gasteiger partial charge on any atom is -0.497 e. The van der Waals surface area contributed by atoms with Gasteiger partial charge in [0.15, 0.2) is 0 Å². The molecule has 2 rings (SSSR count). The van der Waals surface area contributed by atoms with Crippen LogP contribution in [0.4, 0.5) is 0 Å². The highest BCUT2D eigenvalue weighted by atomic mass is 32.2. The van der Waals surface area contributed by atoms with Crippen LogP contribution in [0.1, 0.15) is 26.3 Å². The zero-order valence-electron chi connectivity index (χ0n) is 14.6. The van der Waals surface area contributed by atoms with Crippen LogP contribution in [0.3, 0.4) is 0 Å². The first-order valence-corrected chi connectivity index (χ1v) is 9.12. The number of benzene rings is 2. The second-order valence-corrected chi connectivity index (χ2v) is 6.30. The molecule has 5 nitrogen and oxygen atoms in total. The Bertz CT molecular complexity index is 745. The van der Waals surface area contributed by atoms with Crippen molar-refractivity contribution in [1.82, 2.24) is 10.6 Å². The molecule has 132 valence electrons. The van der Waals surface area contributed by atoms with Gasteiger partial charge in [-0.2, -0.15) is 0 Å². The van der Waals surface area contributed by atoms with E-state index >= 15 is 0 Å². The van der Waals surface area contributed by atoms with Gasteiger partial charge in [0.1, 0.15) is 5.75 Å². The van der Waals surface area contributed by atoms with Gasteiger partial charge >= 0.3 is 0 Å².